The minimum absolute atomic E-state index is 0.115. The van der Waals surface area contributed by atoms with Crippen molar-refractivity contribution < 1.29 is 22.1 Å². The standard InChI is InChI=1S/C29H34N2O5S/c1-7-37(32,33)36-20-12-13-22(27(16-20)35-6)21-14-15-25-28(19(2)17-29(3,4)31-25)23(21)18-30-24-10-8-9-11-26(24)34-5/h8-17,30-31H,7,18H2,1-6H3. The second-order valence-electron chi connectivity index (χ2n) is 9.53. The summed E-state index contributed by atoms with van der Waals surface area (Å²) in [6.45, 7) is 8.48. The van der Waals surface area contributed by atoms with E-state index in [0.717, 1.165) is 39.4 Å². The molecule has 1 aliphatic heterocycles. The van der Waals surface area contributed by atoms with Gasteiger partial charge in [0, 0.05) is 29.4 Å². The van der Waals surface area contributed by atoms with E-state index in [1.807, 2.05) is 30.3 Å². The highest BCUT2D eigenvalue weighted by Gasteiger charge is 2.27. The van der Waals surface area contributed by atoms with Gasteiger partial charge in [0.1, 0.15) is 17.2 Å². The van der Waals surface area contributed by atoms with Crippen molar-refractivity contribution in [2.45, 2.75) is 39.8 Å². The Morgan fingerprint density at radius 2 is 1.65 bits per heavy atom. The van der Waals surface area contributed by atoms with Crippen LogP contribution in [0.5, 0.6) is 17.2 Å². The Kier molecular flexibility index (Phi) is 7.41. The molecule has 0 atom stereocenters. The van der Waals surface area contributed by atoms with Crippen LogP contribution >= 0.6 is 0 Å². The lowest BCUT2D eigenvalue weighted by molar-refractivity contribution is 0.413. The van der Waals surface area contributed by atoms with Crippen LogP contribution in [0.3, 0.4) is 0 Å². The van der Waals surface area contributed by atoms with Gasteiger partial charge in [-0.15, -0.1) is 0 Å². The highest BCUT2D eigenvalue weighted by atomic mass is 32.2. The molecule has 1 heterocycles. The second kappa shape index (κ2) is 10.4. The summed E-state index contributed by atoms with van der Waals surface area (Å²) in [6, 6.07) is 17.1. The van der Waals surface area contributed by atoms with Crippen LogP contribution in [0.25, 0.3) is 16.7 Å². The molecular weight excluding hydrogens is 488 g/mol. The molecule has 3 aromatic carbocycles. The molecule has 2 N–H and O–H groups in total. The Morgan fingerprint density at radius 1 is 0.946 bits per heavy atom. The Hall–Kier alpha value is -3.65. The number of rotatable bonds is 9. The second-order valence-corrected chi connectivity index (χ2v) is 11.4. The summed E-state index contributed by atoms with van der Waals surface area (Å²) in [6.07, 6.45) is 2.23. The SMILES string of the molecule is CCS(=O)(=O)Oc1ccc(-c2ccc3c(c2CNc2ccccc2OC)C(C)=CC(C)(C)N3)c(OC)c1. The van der Waals surface area contributed by atoms with Gasteiger partial charge in [0.05, 0.1) is 31.2 Å². The van der Waals surface area contributed by atoms with E-state index in [-0.39, 0.29) is 17.0 Å². The maximum absolute atomic E-state index is 12.0. The van der Waals surface area contributed by atoms with Crippen LogP contribution in [0, 0.1) is 0 Å². The van der Waals surface area contributed by atoms with Gasteiger partial charge in [-0.3, -0.25) is 0 Å². The average Bonchev–Trinajstić information content (AvgIpc) is 2.86. The molecular formula is C29H34N2O5S. The molecule has 0 saturated carbocycles. The Balaban J connectivity index is 1.84. The molecule has 0 saturated heterocycles. The van der Waals surface area contributed by atoms with E-state index in [1.54, 1.807) is 33.3 Å². The van der Waals surface area contributed by atoms with Crippen LogP contribution in [0.4, 0.5) is 11.4 Å². The van der Waals surface area contributed by atoms with Gasteiger partial charge in [-0.05, 0) is 74.7 Å². The number of hydrogen-bond donors (Lipinski definition) is 2. The Morgan fingerprint density at radius 3 is 2.35 bits per heavy atom. The summed E-state index contributed by atoms with van der Waals surface area (Å²) in [5.74, 6) is 1.38. The molecule has 0 spiro atoms. The molecule has 0 aromatic heterocycles. The van der Waals surface area contributed by atoms with E-state index in [1.165, 1.54) is 5.57 Å². The first-order valence-corrected chi connectivity index (χ1v) is 13.8. The molecule has 0 fully saturated rings. The van der Waals surface area contributed by atoms with E-state index in [9.17, 15) is 8.42 Å². The van der Waals surface area contributed by atoms with Crippen molar-refractivity contribution >= 4 is 27.1 Å². The van der Waals surface area contributed by atoms with E-state index < -0.39 is 10.1 Å². The number of methoxy groups -OCH3 is 2. The van der Waals surface area contributed by atoms with Crippen molar-refractivity contribution in [2.24, 2.45) is 0 Å². The molecule has 7 nitrogen and oxygen atoms in total. The van der Waals surface area contributed by atoms with Crippen LogP contribution in [0.15, 0.2) is 60.7 Å². The third kappa shape index (κ3) is 5.69. The lowest BCUT2D eigenvalue weighted by Crippen LogP contribution is -2.32. The van der Waals surface area contributed by atoms with Gasteiger partial charge in [0.2, 0.25) is 0 Å². The zero-order valence-corrected chi connectivity index (χ0v) is 23.0. The van der Waals surface area contributed by atoms with Gasteiger partial charge in [-0.1, -0.05) is 24.3 Å². The van der Waals surface area contributed by atoms with Crippen molar-refractivity contribution in [3.05, 3.63) is 71.8 Å². The number of hydrogen-bond acceptors (Lipinski definition) is 7. The molecule has 1 aliphatic rings. The zero-order chi connectivity index (χ0) is 26.8. The molecule has 8 heteroatoms. The molecule has 4 rings (SSSR count). The van der Waals surface area contributed by atoms with Gasteiger partial charge in [-0.25, -0.2) is 0 Å². The first kappa shape index (κ1) is 26.4. The Labute approximate surface area is 219 Å². The van der Waals surface area contributed by atoms with E-state index in [0.29, 0.717) is 12.3 Å². The molecule has 0 aliphatic carbocycles. The van der Waals surface area contributed by atoms with Gasteiger partial charge < -0.3 is 24.3 Å². The Bertz CT molecular complexity index is 1440. The topological polar surface area (TPSA) is 85.9 Å². The molecule has 3 aromatic rings. The van der Waals surface area contributed by atoms with Gasteiger partial charge in [0.25, 0.3) is 0 Å². The van der Waals surface area contributed by atoms with Crippen LogP contribution in [0.2, 0.25) is 0 Å². The number of fused-ring (bicyclic) bond motifs is 1. The summed E-state index contributed by atoms with van der Waals surface area (Å²) >= 11 is 0. The number of nitrogens with one attached hydrogen (secondary N) is 2. The van der Waals surface area contributed by atoms with E-state index in [2.05, 4.69) is 49.6 Å². The predicted octanol–water partition coefficient (Wildman–Crippen LogP) is 6.32. The predicted molar refractivity (Wildman–Crippen MR) is 150 cm³/mol. The number of allylic oxidation sites excluding steroid dienone is 1. The van der Waals surface area contributed by atoms with Crippen molar-refractivity contribution in [3.63, 3.8) is 0 Å². The third-order valence-electron chi connectivity index (χ3n) is 6.34. The summed E-state index contributed by atoms with van der Waals surface area (Å²) in [4.78, 5) is 0. The molecule has 196 valence electrons. The fourth-order valence-corrected chi connectivity index (χ4v) is 5.28. The fraction of sp³-hybridized carbons (Fsp3) is 0.310. The first-order valence-electron chi connectivity index (χ1n) is 12.2. The maximum Gasteiger partial charge on any atom is 0.308 e. The van der Waals surface area contributed by atoms with Crippen molar-refractivity contribution in [2.75, 3.05) is 30.6 Å². The monoisotopic (exact) mass is 522 g/mol. The number of para-hydroxylation sites is 2. The normalized spacial score (nSPS) is 14.2. The smallest absolute Gasteiger partial charge is 0.308 e. The minimum atomic E-state index is -3.65. The maximum atomic E-state index is 12.0. The number of anilines is 2. The molecule has 37 heavy (non-hydrogen) atoms. The summed E-state index contributed by atoms with van der Waals surface area (Å²) < 4.78 is 40.5. The minimum Gasteiger partial charge on any atom is -0.496 e. The van der Waals surface area contributed by atoms with Crippen LogP contribution in [-0.4, -0.2) is 33.9 Å². The van der Waals surface area contributed by atoms with Crippen LogP contribution in [0.1, 0.15) is 38.8 Å². The van der Waals surface area contributed by atoms with E-state index >= 15 is 0 Å². The molecule has 0 unspecified atom stereocenters. The van der Waals surface area contributed by atoms with Crippen molar-refractivity contribution in [3.8, 4) is 28.4 Å². The van der Waals surface area contributed by atoms with Gasteiger partial charge >= 0.3 is 10.1 Å². The van der Waals surface area contributed by atoms with E-state index in [4.69, 9.17) is 13.7 Å². The lowest BCUT2D eigenvalue weighted by Gasteiger charge is -2.33. The fourth-order valence-electron chi connectivity index (χ4n) is 4.76. The summed E-state index contributed by atoms with van der Waals surface area (Å²) in [5, 5.41) is 7.17. The highest BCUT2D eigenvalue weighted by Crippen LogP contribution is 2.43. The lowest BCUT2D eigenvalue weighted by atomic mass is 9.85. The molecule has 0 amide bonds. The summed E-state index contributed by atoms with van der Waals surface area (Å²) in [7, 11) is -0.431. The largest absolute Gasteiger partial charge is 0.496 e. The number of benzene rings is 3. The van der Waals surface area contributed by atoms with Crippen molar-refractivity contribution in [1.82, 2.24) is 0 Å². The van der Waals surface area contributed by atoms with Crippen LogP contribution < -0.4 is 24.3 Å². The zero-order valence-electron chi connectivity index (χ0n) is 22.1. The molecule has 0 bridgehead atoms. The molecule has 0 radical (unpaired) electrons. The van der Waals surface area contributed by atoms with Crippen LogP contribution in [-0.2, 0) is 16.7 Å². The van der Waals surface area contributed by atoms with Gasteiger partial charge in [-0.2, -0.15) is 8.42 Å². The first-order chi connectivity index (χ1) is 17.6. The third-order valence-corrected chi connectivity index (χ3v) is 7.50. The highest BCUT2D eigenvalue weighted by molar-refractivity contribution is 7.87. The number of ether oxygens (including phenoxy) is 2. The van der Waals surface area contributed by atoms with Crippen molar-refractivity contribution in [1.29, 1.82) is 0 Å². The van der Waals surface area contributed by atoms with Gasteiger partial charge in [0.15, 0.2) is 0 Å². The average molecular weight is 523 g/mol. The summed E-state index contributed by atoms with van der Waals surface area (Å²) in [5.41, 5.74) is 6.94. The quantitative estimate of drug-likeness (QED) is 0.318.